The Morgan fingerprint density at radius 3 is 2.86 bits per heavy atom. The predicted molar refractivity (Wildman–Crippen MR) is 50.1 cm³/mol. The molecule has 0 aliphatic carbocycles. The first-order valence-electron chi connectivity index (χ1n) is 4.00. The normalized spacial score (nSPS) is 23.8. The van der Waals surface area contributed by atoms with Gasteiger partial charge in [-0.15, -0.1) is 0 Å². The maximum atomic E-state index is 10.8. The van der Waals surface area contributed by atoms with Crippen LogP contribution in [0.1, 0.15) is 5.56 Å². The zero-order chi connectivity index (χ0) is 10.2. The monoisotopic (exact) mass is 192 g/mol. The van der Waals surface area contributed by atoms with Crippen molar-refractivity contribution < 1.29 is 15.0 Å². The first-order chi connectivity index (χ1) is 6.64. The SMILES string of the molecule is O=C(O)C1(O)N=CNc2ccccc21. The van der Waals surface area contributed by atoms with Crippen LogP contribution in [-0.4, -0.2) is 22.5 Å². The van der Waals surface area contributed by atoms with E-state index >= 15 is 0 Å². The number of nitrogens with zero attached hydrogens (tertiary/aromatic N) is 1. The molecule has 1 aliphatic rings. The summed E-state index contributed by atoms with van der Waals surface area (Å²) in [5.41, 5.74) is -1.37. The standard InChI is InChI=1S/C9H8N2O3/c12-8(13)9(14)6-3-1-2-4-7(6)10-5-11-9/h1-5,14H,(H,10,11)(H,12,13). The van der Waals surface area contributed by atoms with E-state index in [9.17, 15) is 9.90 Å². The molecule has 0 spiro atoms. The quantitative estimate of drug-likeness (QED) is 0.600. The second-order valence-electron chi connectivity index (χ2n) is 2.93. The zero-order valence-electron chi connectivity index (χ0n) is 7.14. The highest BCUT2D eigenvalue weighted by Gasteiger charge is 2.40. The number of anilines is 1. The van der Waals surface area contributed by atoms with Gasteiger partial charge < -0.3 is 15.5 Å². The molecule has 1 aliphatic heterocycles. The Bertz CT molecular complexity index is 416. The number of nitrogens with one attached hydrogen (secondary N) is 1. The van der Waals surface area contributed by atoms with Crippen LogP contribution in [0.25, 0.3) is 0 Å². The number of para-hydroxylation sites is 1. The number of hydrogen-bond acceptors (Lipinski definition) is 4. The van der Waals surface area contributed by atoms with Gasteiger partial charge in [0.05, 0.1) is 6.34 Å². The molecule has 5 nitrogen and oxygen atoms in total. The van der Waals surface area contributed by atoms with E-state index in [4.69, 9.17) is 5.11 Å². The van der Waals surface area contributed by atoms with E-state index in [0.717, 1.165) is 0 Å². The molecular formula is C9H8N2O3. The number of benzene rings is 1. The molecule has 5 heteroatoms. The van der Waals surface area contributed by atoms with Crippen molar-refractivity contribution in [1.82, 2.24) is 0 Å². The van der Waals surface area contributed by atoms with E-state index in [1.807, 2.05) is 0 Å². The first-order valence-corrected chi connectivity index (χ1v) is 4.00. The summed E-state index contributed by atoms with van der Waals surface area (Å²) < 4.78 is 0. The Hall–Kier alpha value is -1.88. The van der Waals surface area contributed by atoms with E-state index in [-0.39, 0.29) is 5.56 Å². The number of hydrogen-bond donors (Lipinski definition) is 3. The Balaban J connectivity index is 2.61. The van der Waals surface area contributed by atoms with Crippen molar-refractivity contribution in [3.63, 3.8) is 0 Å². The summed E-state index contributed by atoms with van der Waals surface area (Å²) in [6.45, 7) is 0. The molecule has 1 unspecified atom stereocenters. The highest BCUT2D eigenvalue weighted by molar-refractivity contribution is 5.90. The van der Waals surface area contributed by atoms with Gasteiger partial charge in [-0.1, -0.05) is 18.2 Å². The minimum atomic E-state index is -2.16. The second kappa shape index (κ2) is 2.81. The molecule has 0 fully saturated rings. The summed E-state index contributed by atoms with van der Waals surface area (Å²) in [5, 5.41) is 21.4. The third-order valence-electron chi connectivity index (χ3n) is 2.07. The molecule has 1 aromatic rings. The number of aliphatic hydroxyl groups is 1. The smallest absolute Gasteiger partial charge is 0.364 e. The van der Waals surface area contributed by atoms with Crippen molar-refractivity contribution in [2.24, 2.45) is 4.99 Å². The average Bonchev–Trinajstić information content (AvgIpc) is 2.18. The van der Waals surface area contributed by atoms with Crippen LogP contribution in [0.2, 0.25) is 0 Å². The van der Waals surface area contributed by atoms with Gasteiger partial charge in [0, 0.05) is 11.3 Å². The topological polar surface area (TPSA) is 81.9 Å². The summed E-state index contributed by atoms with van der Waals surface area (Å²) in [5.74, 6) is -1.39. The molecule has 2 rings (SSSR count). The lowest BCUT2D eigenvalue weighted by Gasteiger charge is -2.25. The molecule has 3 N–H and O–H groups in total. The molecule has 0 amide bonds. The minimum Gasteiger partial charge on any atom is -0.477 e. The number of carboxylic acids is 1. The lowest BCUT2D eigenvalue weighted by Crippen LogP contribution is -2.37. The highest BCUT2D eigenvalue weighted by atomic mass is 16.4. The lowest BCUT2D eigenvalue weighted by molar-refractivity contribution is -0.158. The van der Waals surface area contributed by atoms with Crippen molar-refractivity contribution in [3.8, 4) is 0 Å². The van der Waals surface area contributed by atoms with Crippen LogP contribution >= 0.6 is 0 Å². The van der Waals surface area contributed by atoms with Crippen molar-refractivity contribution >= 4 is 18.0 Å². The van der Waals surface area contributed by atoms with Crippen LogP contribution in [-0.2, 0) is 10.5 Å². The number of carboxylic acid groups (broad SMARTS) is 1. The van der Waals surface area contributed by atoms with Gasteiger partial charge in [-0.3, -0.25) is 0 Å². The van der Waals surface area contributed by atoms with Gasteiger partial charge in [-0.2, -0.15) is 0 Å². The average molecular weight is 192 g/mol. The molecule has 0 bridgehead atoms. The maximum Gasteiger partial charge on any atom is 0.364 e. The van der Waals surface area contributed by atoms with E-state index < -0.39 is 11.7 Å². The van der Waals surface area contributed by atoms with Crippen LogP contribution in [0.4, 0.5) is 5.69 Å². The molecule has 1 aromatic carbocycles. The van der Waals surface area contributed by atoms with Crippen LogP contribution in [0, 0.1) is 0 Å². The van der Waals surface area contributed by atoms with Crippen LogP contribution in [0.3, 0.4) is 0 Å². The van der Waals surface area contributed by atoms with Crippen molar-refractivity contribution in [2.45, 2.75) is 5.72 Å². The first kappa shape index (κ1) is 8.71. The van der Waals surface area contributed by atoms with Gasteiger partial charge in [-0.05, 0) is 6.07 Å². The van der Waals surface area contributed by atoms with E-state index in [1.165, 1.54) is 12.4 Å². The molecule has 1 heterocycles. The number of aliphatic imine (C=N–C) groups is 1. The number of rotatable bonds is 1. The van der Waals surface area contributed by atoms with E-state index in [2.05, 4.69) is 10.3 Å². The Labute approximate surface area is 79.7 Å². The van der Waals surface area contributed by atoms with Crippen LogP contribution in [0.5, 0.6) is 0 Å². The molecule has 0 saturated carbocycles. The summed E-state index contributed by atoms with van der Waals surface area (Å²) in [6.07, 6.45) is 1.18. The minimum absolute atomic E-state index is 0.245. The molecule has 0 radical (unpaired) electrons. The molecule has 0 saturated heterocycles. The molecule has 1 atom stereocenters. The fourth-order valence-electron chi connectivity index (χ4n) is 1.35. The fourth-order valence-corrected chi connectivity index (χ4v) is 1.35. The summed E-state index contributed by atoms with van der Waals surface area (Å²) in [4.78, 5) is 14.4. The van der Waals surface area contributed by atoms with Gasteiger partial charge in [-0.25, -0.2) is 9.79 Å². The fraction of sp³-hybridized carbons (Fsp3) is 0.111. The van der Waals surface area contributed by atoms with E-state index in [0.29, 0.717) is 5.69 Å². The Morgan fingerprint density at radius 1 is 1.43 bits per heavy atom. The third kappa shape index (κ3) is 1.06. The van der Waals surface area contributed by atoms with Gasteiger partial charge in [0.25, 0.3) is 5.72 Å². The third-order valence-corrected chi connectivity index (χ3v) is 2.07. The summed E-state index contributed by atoms with van der Waals surface area (Å²) in [6, 6.07) is 6.59. The van der Waals surface area contributed by atoms with Gasteiger partial charge in [0.15, 0.2) is 0 Å². The van der Waals surface area contributed by atoms with Crippen molar-refractivity contribution in [1.29, 1.82) is 0 Å². The summed E-state index contributed by atoms with van der Waals surface area (Å²) in [7, 11) is 0. The van der Waals surface area contributed by atoms with Gasteiger partial charge in [0.1, 0.15) is 0 Å². The van der Waals surface area contributed by atoms with Crippen molar-refractivity contribution in [2.75, 3.05) is 5.32 Å². The second-order valence-corrected chi connectivity index (χ2v) is 2.93. The van der Waals surface area contributed by atoms with Gasteiger partial charge in [0.2, 0.25) is 0 Å². The molecule has 0 aromatic heterocycles. The Kier molecular flexibility index (Phi) is 1.75. The lowest BCUT2D eigenvalue weighted by atomic mass is 10.0. The number of aliphatic carboxylic acids is 1. The number of carbonyl (C=O) groups is 1. The largest absolute Gasteiger partial charge is 0.477 e. The Morgan fingerprint density at radius 2 is 2.14 bits per heavy atom. The zero-order valence-corrected chi connectivity index (χ0v) is 7.14. The summed E-state index contributed by atoms with van der Waals surface area (Å²) >= 11 is 0. The van der Waals surface area contributed by atoms with Crippen molar-refractivity contribution in [3.05, 3.63) is 29.8 Å². The number of fused-ring (bicyclic) bond motifs is 1. The van der Waals surface area contributed by atoms with Crippen LogP contribution < -0.4 is 5.32 Å². The van der Waals surface area contributed by atoms with Gasteiger partial charge >= 0.3 is 5.97 Å². The predicted octanol–water partition coefficient (Wildman–Crippen LogP) is 0.370. The molecule has 14 heavy (non-hydrogen) atoms. The maximum absolute atomic E-state index is 10.8. The van der Waals surface area contributed by atoms with Crippen LogP contribution in [0.15, 0.2) is 29.3 Å². The molecule has 72 valence electrons. The van der Waals surface area contributed by atoms with E-state index in [1.54, 1.807) is 18.2 Å². The molecular weight excluding hydrogens is 184 g/mol. The highest BCUT2D eigenvalue weighted by Crippen LogP contribution is 2.31.